The Kier molecular flexibility index (Phi) is 4.64. The van der Waals surface area contributed by atoms with Gasteiger partial charge in [0.1, 0.15) is 5.69 Å². The second-order valence-corrected chi connectivity index (χ2v) is 7.55. The van der Waals surface area contributed by atoms with Crippen LogP contribution >= 0.6 is 0 Å². The summed E-state index contributed by atoms with van der Waals surface area (Å²) in [6.45, 7) is 7.62. The van der Waals surface area contributed by atoms with Crippen molar-refractivity contribution in [3.8, 4) is 11.5 Å². The summed E-state index contributed by atoms with van der Waals surface area (Å²) in [6.07, 6.45) is 10.0. The van der Waals surface area contributed by atoms with Crippen LogP contribution in [0.2, 0.25) is 0 Å². The van der Waals surface area contributed by atoms with E-state index < -0.39 is 0 Å². The Morgan fingerprint density at radius 2 is 2.21 bits per heavy atom. The molecule has 6 nitrogen and oxygen atoms in total. The lowest BCUT2D eigenvalue weighted by atomic mass is 9.89. The van der Waals surface area contributed by atoms with Crippen LogP contribution in [0.15, 0.2) is 24.8 Å². The number of H-pyrrole nitrogens is 1. The van der Waals surface area contributed by atoms with Crippen LogP contribution in [-0.4, -0.2) is 43.8 Å². The first-order valence-corrected chi connectivity index (χ1v) is 8.53. The summed E-state index contributed by atoms with van der Waals surface area (Å²) in [6, 6.07) is 0. The predicted molar refractivity (Wildman–Crippen MR) is 92.1 cm³/mol. The number of likely N-dealkylation sites (tertiary alicyclic amines) is 1. The predicted octanol–water partition coefficient (Wildman–Crippen LogP) is 2.69. The zero-order valence-electron chi connectivity index (χ0n) is 14.6. The number of hydrogen-bond donors (Lipinski definition) is 1. The molecule has 0 unspecified atom stereocenters. The fourth-order valence-electron chi connectivity index (χ4n) is 3.21. The van der Waals surface area contributed by atoms with E-state index in [2.05, 4.69) is 19.9 Å². The third-order valence-corrected chi connectivity index (χ3v) is 4.37. The molecule has 0 radical (unpaired) electrons. The van der Waals surface area contributed by atoms with Crippen molar-refractivity contribution < 1.29 is 4.79 Å². The Bertz CT molecular complexity index is 690. The molecule has 1 N–H and O–H groups in total. The summed E-state index contributed by atoms with van der Waals surface area (Å²) in [4.78, 5) is 30.8. The normalized spacial score (nSPS) is 18.6. The van der Waals surface area contributed by atoms with E-state index in [1.807, 2.05) is 31.9 Å². The van der Waals surface area contributed by atoms with Gasteiger partial charge >= 0.3 is 0 Å². The van der Waals surface area contributed by atoms with Gasteiger partial charge in [-0.25, -0.2) is 9.97 Å². The molecule has 1 aliphatic rings. The SMILES string of the molecule is CC(C)(C)C(=O)N1CCC[C@H](Cc2cncc(-c3ncc[nH]3)n2)C1. The molecule has 1 aliphatic heterocycles. The Morgan fingerprint density at radius 3 is 2.92 bits per heavy atom. The third-order valence-electron chi connectivity index (χ3n) is 4.37. The highest BCUT2D eigenvalue weighted by Crippen LogP contribution is 2.25. The summed E-state index contributed by atoms with van der Waals surface area (Å²) in [7, 11) is 0. The van der Waals surface area contributed by atoms with Gasteiger partial charge in [0.25, 0.3) is 0 Å². The molecule has 1 fully saturated rings. The van der Waals surface area contributed by atoms with E-state index in [4.69, 9.17) is 0 Å². The van der Waals surface area contributed by atoms with Gasteiger partial charge in [0.2, 0.25) is 5.91 Å². The first-order valence-electron chi connectivity index (χ1n) is 8.53. The lowest BCUT2D eigenvalue weighted by Crippen LogP contribution is -2.45. The van der Waals surface area contributed by atoms with Crippen molar-refractivity contribution in [2.24, 2.45) is 11.3 Å². The number of aromatic amines is 1. The summed E-state index contributed by atoms with van der Waals surface area (Å²) < 4.78 is 0. The number of nitrogens with zero attached hydrogens (tertiary/aromatic N) is 4. The molecule has 0 saturated carbocycles. The summed E-state index contributed by atoms with van der Waals surface area (Å²) in [5.41, 5.74) is 1.40. The van der Waals surface area contributed by atoms with Gasteiger partial charge in [0.15, 0.2) is 5.82 Å². The van der Waals surface area contributed by atoms with Crippen LogP contribution in [0.3, 0.4) is 0 Å². The highest BCUT2D eigenvalue weighted by Gasteiger charge is 2.31. The largest absolute Gasteiger partial charge is 0.343 e. The number of aromatic nitrogens is 4. The third kappa shape index (κ3) is 3.80. The number of piperidine rings is 1. The molecule has 1 saturated heterocycles. The first-order chi connectivity index (χ1) is 11.4. The summed E-state index contributed by atoms with van der Waals surface area (Å²) in [5, 5.41) is 0. The minimum Gasteiger partial charge on any atom is -0.343 e. The standard InChI is InChI=1S/C18H25N5O/c1-18(2,3)17(24)23-8-4-5-13(12-23)9-14-10-19-11-15(22-14)16-20-6-7-21-16/h6-7,10-11,13H,4-5,8-9,12H2,1-3H3,(H,20,21)/t13-/m1/s1. The van der Waals surface area contributed by atoms with E-state index in [0.717, 1.165) is 49.6 Å². The van der Waals surface area contributed by atoms with Crippen LogP contribution in [0.1, 0.15) is 39.3 Å². The smallest absolute Gasteiger partial charge is 0.227 e. The fraction of sp³-hybridized carbons (Fsp3) is 0.556. The zero-order chi connectivity index (χ0) is 17.2. The molecule has 0 aromatic carbocycles. The Hall–Kier alpha value is -2.24. The second-order valence-electron chi connectivity index (χ2n) is 7.55. The van der Waals surface area contributed by atoms with E-state index in [1.165, 1.54) is 0 Å². The van der Waals surface area contributed by atoms with Crippen LogP contribution in [0.25, 0.3) is 11.5 Å². The molecule has 1 atom stereocenters. The fourth-order valence-corrected chi connectivity index (χ4v) is 3.21. The lowest BCUT2D eigenvalue weighted by Gasteiger charge is -2.36. The van der Waals surface area contributed by atoms with Crippen LogP contribution < -0.4 is 0 Å². The van der Waals surface area contributed by atoms with E-state index in [0.29, 0.717) is 5.92 Å². The Balaban J connectivity index is 1.68. The van der Waals surface area contributed by atoms with Crippen LogP contribution in [0.4, 0.5) is 0 Å². The maximum Gasteiger partial charge on any atom is 0.227 e. The highest BCUT2D eigenvalue weighted by atomic mass is 16.2. The van der Waals surface area contributed by atoms with Crippen LogP contribution in [0.5, 0.6) is 0 Å². The van der Waals surface area contributed by atoms with Crippen molar-refractivity contribution in [3.05, 3.63) is 30.5 Å². The van der Waals surface area contributed by atoms with Crippen molar-refractivity contribution in [1.82, 2.24) is 24.8 Å². The maximum atomic E-state index is 12.5. The highest BCUT2D eigenvalue weighted by molar-refractivity contribution is 5.81. The molecule has 0 spiro atoms. The van der Waals surface area contributed by atoms with E-state index in [9.17, 15) is 4.79 Å². The van der Waals surface area contributed by atoms with Gasteiger partial charge in [0.05, 0.1) is 11.9 Å². The minimum atomic E-state index is -0.319. The number of nitrogens with one attached hydrogen (secondary N) is 1. The van der Waals surface area contributed by atoms with Gasteiger partial charge in [-0.1, -0.05) is 20.8 Å². The van der Waals surface area contributed by atoms with Gasteiger partial charge in [-0.2, -0.15) is 0 Å². The number of hydrogen-bond acceptors (Lipinski definition) is 4. The number of rotatable bonds is 3. The van der Waals surface area contributed by atoms with E-state index >= 15 is 0 Å². The molecule has 1 amide bonds. The van der Waals surface area contributed by atoms with Gasteiger partial charge < -0.3 is 9.88 Å². The number of carbonyl (C=O) groups is 1. The van der Waals surface area contributed by atoms with E-state index in [1.54, 1.807) is 18.6 Å². The van der Waals surface area contributed by atoms with Crippen LogP contribution in [0, 0.1) is 11.3 Å². The number of carbonyl (C=O) groups excluding carboxylic acids is 1. The summed E-state index contributed by atoms with van der Waals surface area (Å²) >= 11 is 0. The van der Waals surface area contributed by atoms with Crippen molar-refractivity contribution in [1.29, 1.82) is 0 Å². The molecule has 128 valence electrons. The first kappa shape index (κ1) is 16.6. The quantitative estimate of drug-likeness (QED) is 0.940. The van der Waals surface area contributed by atoms with Gasteiger partial charge in [-0.05, 0) is 25.2 Å². The molecule has 2 aromatic heterocycles. The minimum absolute atomic E-state index is 0.239. The number of amides is 1. The summed E-state index contributed by atoms with van der Waals surface area (Å²) in [5.74, 6) is 1.41. The molecule has 6 heteroatoms. The molecular formula is C18H25N5O. The average molecular weight is 327 g/mol. The van der Waals surface area contributed by atoms with Crippen LogP contribution in [-0.2, 0) is 11.2 Å². The Morgan fingerprint density at radius 1 is 1.38 bits per heavy atom. The Labute approximate surface area is 142 Å². The molecule has 3 heterocycles. The van der Waals surface area contributed by atoms with Gasteiger partial charge in [-0.3, -0.25) is 9.78 Å². The van der Waals surface area contributed by atoms with Crippen molar-refractivity contribution >= 4 is 5.91 Å². The van der Waals surface area contributed by atoms with Crippen molar-refractivity contribution in [2.45, 2.75) is 40.0 Å². The molecule has 0 bridgehead atoms. The second kappa shape index (κ2) is 6.71. The molecule has 0 aliphatic carbocycles. The van der Waals surface area contributed by atoms with Gasteiger partial charge in [0, 0.05) is 37.1 Å². The molecule has 3 rings (SSSR count). The zero-order valence-corrected chi connectivity index (χ0v) is 14.6. The molecule has 24 heavy (non-hydrogen) atoms. The van der Waals surface area contributed by atoms with Crippen molar-refractivity contribution in [2.75, 3.05) is 13.1 Å². The van der Waals surface area contributed by atoms with Crippen molar-refractivity contribution in [3.63, 3.8) is 0 Å². The molecular weight excluding hydrogens is 302 g/mol. The lowest BCUT2D eigenvalue weighted by molar-refractivity contribution is -0.141. The number of imidazole rings is 1. The van der Waals surface area contributed by atoms with Gasteiger partial charge in [-0.15, -0.1) is 0 Å². The average Bonchev–Trinajstić information content (AvgIpc) is 3.08. The maximum absolute atomic E-state index is 12.5. The topological polar surface area (TPSA) is 74.8 Å². The molecule has 2 aromatic rings. The van der Waals surface area contributed by atoms with E-state index in [-0.39, 0.29) is 11.3 Å². The monoisotopic (exact) mass is 327 g/mol.